The highest BCUT2D eigenvalue weighted by Gasteiger charge is 2.53. The number of anilines is 2. The average molecular weight is 236 g/mol. The van der Waals surface area contributed by atoms with Gasteiger partial charge in [-0.1, -0.05) is 0 Å². The van der Waals surface area contributed by atoms with Crippen molar-refractivity contribution in [2.24, 2.45) is 0 Å². The van der Waals surface area contributed by atoms with Gasteiger partial charge in [0.1, 0.15) is 18.0 Å². The van der Waals surface area contributed by atoms with E-state index in [1.54, 1.807) is 0 Å². The van der Waals surface area contributed by atoms with Crippen LogP contribution in [0.4, 0.5) is 11.6 Å². The highest BCUT2D eigenvalue weighted by atomic mass is 16.7. The number of nitrogen functional groups attached to an aromatic ring is 2. The van der Waals surface area contributed by atoms with Crippen LogP contribution in [0.1, 0.15) is 27.7 Å². The second-order valence-electron chi connectivity index (χ2n) is 5.15. The van der Waals surface area contributed by atoms with Crippen molar-refractivity contribution in [1.82, 2.24) is 9.97 Å². The normalized spacial score (nSPS) is 21.8. The van der Waals surface area contributed by atoms with Crippen molar-refractivity contribution in [3.8, 4) is 0 Å². The zero-order chi connectivity index (χ0) is 12.8. The molecular weight excluding hydrogens is 219 g/mol. The molecule has 0 radical (unpaired) electrons. The minimum atomic E-state index is -0.624. The molecule has 1 fully saturated rings. The molecule has 1 aromatic rings. The lowest BCUT2D eigenvalue weighted by Gasteiger charge is -2.32. The van der Waals surface area contributed by atoms with Gasteiger partial charge in [-0.3, -0.25) is 0 Å². The second-order valence-corrected chi connectivity index (χ2v) is 5.15. The third-order valence-electron chi connectivity index (χ3n) is 3.43. The molecule has 0 amide bonds. The van der Waals surface area contributed by atoms with E-state index >= 15 is 0 Å². The summed E-state index contributed by atoms with van der Waals surface area (Å²) in [6.45, 7) is 7.85. The molecular formula is C10H17BN4O2. The quantitative estimate of drug-likeness (QED) is 0.663. The van der Waals surface area contributed by atoms with Gasteiger partial charge in [-0.05, 0) is 27.7 Å². The summed E-state index contributed by atoms with van der Waals surface area (Å²) in [7, 11) is -0.624. The van der Waals surface area contributed by atoms with E-state index in [9.17, 15) is 0 Å². The van der Waals surface area contributed by atoms with Crippen LogP contribution in [0.15, 0.2) is 6.33 Å². The summed E-state index contributed by atoms with van der Waals surface area (Å²) in [6.07, 6.45) is 1.32. The minimum absolute atomic E-state index is 0.288. The van der Waals surface area contributed by atoms with Crippen LogP contribution < -0.4 is 16.9 Å². The number of hydrogen-bond acceptors (Lipinski definition) is 6. The molecule has 6 nitrogen and oxygen atoms in total. The average Bonchev–Trinajstić information content (AvgIpc) is 2.35. The van der Waals surface area contributed by atoms with Gasteiger partial charge in [0.15, 0.2) is 0 Å². The Kier molecular flexibility index (Phi) is 2.55. The van der Waals surface area contributed by atoms with Crippen LogP contribution in [0.25, 0.3) is 0 Å². The van der Waals surface area contributed by atoms with Crippen molar-refractivity contribution in [3.63, 3.8) is 0 Å². The first kappa shape index (κ1) is 12.1. The largest absolute Gasteiger partial charge is 0.502 e. The molecule has 0 aromatic carbocycles. The lowest BCUT2D eigenvalue weighted by Crippen LogP contribution is -2.41. The summed E-state index contributed by atoms with van der Waals surface area (Å²) in [5.41, 5.74) is 11.2. The van der Waals surface area contributed by atoms with Gasteiger partial charge in [0.2, 0.25) is 0 Å². The number of nitrogens with zero attached hydrogens (tertiary/aromatic N) is 2. The Hall–Kier alpha value is -1.34. The Morgan fingerprint density at radius 3 is 1.82 bits per heavy atom. The van der Waals surface area contributed by atoms with E-state index in [2.05, 4.69) is 9.97 Å². The maximum absolute atomic E-state index is 5.85. The van der Waals surface area contributed by atoms with E-state index in [1.807, 2.05) is 27.7 Å². The Morgan fingerprint density at radius 1 is 1.00 bits per heavy atom. The first-order chi connectivity index (χ1) is 7.74. The SMILES string of the molecule is CC1(C)OB(c2c(N)ncnc2N)OC1(C)C. The van der Waals surface area contributed by atoms with Gasteiger partial charge in [-0.15, -0.1) is 0 Å². The van der Waals surface area contributed by atoms with E-state index in [0.29, 0.717) is 5.46 Å². The fraction of sp³-hybridized carbons (Fsp3) is 0.600. The van der Waals surface area contributed by atoms with Crippen molar-refractivity contribution < 1.29 is 9.31 Å². The van der Waals surface area contributed by atoms with Gasteiger partial charge in [-0.2, -0.15) is 0 Å². The highest BCUT2D eigenvalue weighted by Crippen LogP contribution is 2.37. The molecule has 0 bridgehead atoms. The van der Waals surface area contributed by atoms with E-state index in [1.165, 1.54) is 6.33 Å². The molecule has 2 rings (SSSR count). The van der Waals surface area contributed by atoms with Gasteiger partial charge in [-0.25, -0.2) is 9.97 Å². The van der Waals surface area contributed by atoms with Gasteiger partial charge in [0.05, 0.1) is 16.7 Å². The van der Waals surface area contributed by atoms with Crippen LogP contribution in [0.5, 0.6) is 0 Å². The second kappa shape index (κ2) is 3.58. The zero-order valence-electron chi connectivity index (χ0n) is 10.5. The molecule has 0 unspecified atom stereocenters. The number of hydrogen-bond donors (Lipinski definition) is 2. The summed E-state index contributed by atoms with van der Waals surface area (Å²) >= 11 is 0. The van der Waals surface area contributed by atoms with Crippen molar-refractivity contribution in [1.29, 1.82) is 0 Å². The Labute approximate surface area is 101 Å². The van der Waals surface area contributed by atoms with Crippen molar-refractivity contribution in [3.05, 3.63) is 6.33 Å². The zero-order valence-corrected chi connectivity index (χ0v) is 10.5. The number of rotatable bonds is 1. The topological polar surface area (TPSA) is 96.3 Å². The lowest BCUT2D eigenvalue weighted by atomic mass is 9.79. The lowest BCUT2D eigenvalue weighted by molar-refractivity contribution is 0.00578. The number of nitrogens with two attached hydrogens (primary N) is 2. The predicted octanol–water partition coefficient (Wildman–Crippen LogP) is -0.0598. The third kappa shape index (κ3) is 1.85. The molecule has 1 saturated heterocycles. The smallest absolute Gasteiger partial charge is 0.399 e. The standard InChI is InChI=1S/C10H17BN4O2/c1-9(2)10(3,4)17-11(16-9)6-7(12)14-5-15-8(6)13/h5H,1-4H3,(H4,12,13,14,15). The van der Waals surface area contributed by atoms with Crippen LogP contribution >= 0.6 is 0 Å². The summed E-state index contributed by atoms with van der Waals surface area (Å²) in [5, 5.41) is 0. The Balaban J connectivity index is 2.39. The summed E-state index contributed by atoms with van der Waals surface area (Å²) in [4.78, 5) is 7.81. The number of aromatic nitrogens is 2. The monoisotopic (exact) mass is 236 g/mol. The molecule has 2 heterocycles. The maximum Gasteiger partial charge on any atom is 0.502 e. The molecule has 17 heavy (non-hydrogen) atoms. The molecule has 4 N–H and O–H groups in total. The molecule has 1 aliphatic rings. The molecule has 0 saturated carbocycles. The first-order valence-electron chi connectivity index (χ1n) is 5.46. The predicted molar refractivity (Wildman–Crippen MR) is 66.6 cm³/mol. The molecule has 1 aliphatic heterocycles. The molecule has 0 aliphatic carbocycles. The van der Waals surface area contributed by atoms with Gasteiger partial charge in [0.25, 0.3) is 0 Å². The van der Waals surface area contributed by atoms with E-state index in [0.717, 1.165) is 0 Å². The van der Waals surface area contributed by atoms with E-state index in [4.69, 9.17) is 20.8 Å². The fourth-order valence-electron chi connectivity index (χ4n) is 1.63. The van der Waals surface area contributed by atoms with Crippen LogP contribution in [-0.4, -0.2) is 28.3 Å². The molecule has 0 atom stereocenters. The first-order valence-corrected chi connectivity index (χ1v) is 5.46. The van der Waals surface area contributed by atoms with Crippen LogP contribution in [0, 0.1) is 0 Å². The third-order valence-corrected chi connectivity index (χ3v) is 3.43. The summed E-state index contributed by atoms with van der Waals surface area (Å²) < 4.78 is 11.7. The van der Waals surface area contributed by atoms with Crippen LogP contribution in [0.2, 0.25) is 0 Å². The Morgan fingerprint density at radius 2 is 1.41 bits per heavy atom. The van der Waals surface area contributed by atoms with Crippen molar-refractivity contribution >= 4 is 24.2 Å². The molecule has 0 spiro atoms. The summed E-state index contributed by atoms with van der Waals surface area (Å²) in [5.74, 6) is 0.576. The molecule has 1 aromatic heterocycles. The Bertz CT molecular complexity index is 414. The fourth-order valence-corrected chi connectivity index (χ4v) is 1.63. The van der Waals surface area contributed by atoms with Crippen molar-refractivity contribution in [2.75, 3.05) is 11.5 Å². The van der Waals surface area contributed by atoms with Crippen LogP contribution in [-0.2, 0) is 9.31 Å². The minimum Gasteiger partial charge on any atom is -0.399 e. The highest BCUT2D eigenvalue weighted by molar-refractivity contribution is 6.65. The maximum atomic E-state index is 5.85. The van der Waals surface area contributed by atoms with Crippen molar-refractivity contribution in [2.45, 2.75) is 38.9 Å². The summed E-state index contributed by atoms with van der Waals surface area (Å²) in [6, 6.07) is 0. The van der Waals surface area contributed by atoms with E-state index in [-0.39, 0.29) is 11.6 Å². The van der Waals surface area contributed by atoms with Crippen LogP contribution in [0.3, 0.4) is 0 Å². The van der Waals surface area contributed by atoms with Gasteiger partial charge in [0, 0.05) is 0 Å². The van der Waals surface area contributed by atoms with Gasteiger partial charge >= 0.3 is 7.12 Å². The van der Waals surface area contributed by atoms with Gasteiger partial charge < -0.3 is 20.8 Å². The molecule has 7 heteroatoms. The molecule has 92 valence electrons. The van der Waals surface area contributed by atoms with E-state index < -0.39 is 18.3 Å².